The Labute approximate surface area is 101 Å². The molecule has 0 aliphatic carbocycles. The summed E-state index contributed by atoms with van der Waals surface area (Å²) < 4.78 is 6.06. The molecule has 0 unspecified atom stereocenters. The van der Waals surface area contributed by atoms with Gasteiger partial charge in [-0.3, -0.25) is 4.79 Å². The van der Waals surface area contributed by atoms with Crippen LogP contribution in [0.5, 0.6) is 0 Å². The molecule has 0 N–H and O–H groups in total. The minimum atomic E-state index is 0.0671. The van der Waals surface area contributed by atoms with Crippen molar-refractivity contribution in [1.29, 1.82) is 0 Å². The van der Waals surface area contributed by atoms with Gasteiger partial charge in [0.05, 0.1) is 8.96 Å². The molecule has 0 atom stereocenters. The van der Waals surface area contributed by atoms with Crippen molar-refractivity contribution in [1.82, 2.24) is 0 Å². The van der Waals surface area contributed by atoms with Crippen LogP contribution in [0.1, 0.15) is 16.7 Å². The van der Waals surface area contributed by atoms with Crippen molar-refractivity contribution in [3.05, 3.63) is 42.8 Å². The number of aryl methyl sites for hydroxylation is 2. The fourth-order valence-electron chi connectivity index (χ4n) is 1.71. The largest absolute Gasteiger partial charge is 0.463 e. The first-order valence-corrected chi connectivity index (χ1v) is 5.78. The molecule has 1 aromatic carbocycles. The monoisotopic (exact) mass is 314 g/mol. The highest BCUT2D eigenvalue weighted by Crippen LogP contribution is 2.22. The van der Waals surface area contributed by atoms with E-state index in [4.69, 9.17) is 4.42 Å². The maximum Gasteiger partial charge on any atom is 0.206 e. The van der Waals surface area contributed by atoms with E-state index in [1.807, 2.05) is 49.4 Å². The van der Waals surface area contributed by atoms with Gasteiger partial charge in [0.25, 0.3) is 0 Å². The molecule has 0 bridgehead atoms. The van der Waals surface area contributed by atoms with E-state index >= 15 is 0 Å². The predicted octanol–water partition coefficient (Wildman–Crippen LogP) is 3.32. The molecule has 0 aliphatic heterocycles. The van der Waals surface area contributed by atoms with Gasteiger partial charge >= 0.3 is 0 Å². The SMILES string of the molecule is Cc1cc2occ(I)c(=O)c2c(C)c1C. The van der Waals surface area contributed by atoms with Gasteiger partial charge in [-0.05, 0) is 66.1 Å². The molecule has 78 valence electrons. The Morgan fingerprint density at radius 1 is 1.20 bits per heavy atom. The normalized spacial score (nSPS) is 10.9. The Morgan fingerprint density at radius 3 is 2.53 bits per heavy atom. The van der Waals surface area contributed by atoms with E-state index in [-0.39, 0.29) is 5.43 Å². The maximum absolute atomic E-state index is 11.9. The summed E-state index contributed by atoms with van der Waals surface area (Å²) in [6.07, 6.45) is 1.51. The van der Waals surface area contributed by atoms with Crippen LogP contribution in [0, 0.1) is 24.3 Å². The van der Waals surface area contributed by atoms with Gasteiger partial charge in [0, 0.05) is 0 Å². The molecule has 1 heterocycles. The van der Waals surface area contributed by atoms with Gasteiger partial charge in [-0.25, -0.2) is 0 Å². The Balaban J connectivity index is 3.07. The molecule has 0 fully saturated rings. The lowest BCUT2D eigenvalue weighted by atomic mass is 10.00. The zero-order valence-electron chi connectivity index (χ0n) is 8.85. The van der Waals surface area contributed by atoms with Crippen LogP contribution in [-0.4, -0.2) is 0 Å². The highest BCUT2D eigenvalue weighted by Gasteiger charge is 2.10. The number of fused-ring (bicyclic) bond motifs is 1. The van der Waals surface area contributed by atoms with Crippen molar-refractivity contribution in [3.8, 4) is 0 Å². The number of rotatable bonds is 0. The summed E-state index contributed by atoms with van der Waals surface area (Å²) in [5.41, 5.74) is 4.09. The number of hydrogen-bond donors (Lipinski definition) is 0. The Morgan fingerprint density at radius 2 is 1.87 bits per heavy atom. The highest BCUT2D eigenvalue weighted by atomic mass is 127. The van der Waals surface area contributed by atoms with E-state index in [1.165, 1.54) is 6.26 Å². The minimum absolute atomic E-state index is 0.0671. The fourth-order valence-corrected chi connectivity index (χ4v) is 2.11. The maximum atomic E-state index is 11.9. The van der Waals surface area contributed by atoms with Crippen LogP contribution >= 0.6 is 22.6 Å². The fraction of sp³-hybridized carbons (Fsp3) is 0.250. The van der Waals surface area contributed by atoms with Crippen molar-refractivity contribution in [2.24, 2.45) is 0 Å². The van der Waals surface area contributed by atoms with Gasteiger partial charge in [-0.1, -0.05) is 0 Å². The summed E-state index contributed by atoms with van der Waals surface area (Å²) in [5, 5.41) is 0.713. The van der Waals surface area contributed by atoms with E-state index in [2.05, 4.69) is 0 Å². The molecule has 0 saturated heterocycles. The van der Waals surface area contributed by atoms with Crippen molar-refractivity contribution >= 4 is 33.6 Å². The van der Waals surface area contributed by atoms with E-state index in [1.54, 1.807) is 0 Å². The second-order valence-electron chi connectivity index (χ2n) is 3.73. The second kappa shape index (κ2) is 3.63. The van der Waals surface area contributed by atoms with E-state index in [0.29, 0.717) is 14.5 Å². The van der Waals surface area contributed by atoms with E-state index in [0.717, 1.165) is 16.7 Å². The average Bonchev–Trinajstić information content (AvgIpc) is 2.20. The van der Waals surface area contributed by atoms with Crippen molar-refractivity contribution in [2.75, 3.05) is 0 Å². The third kappa shape index (κ3) is 1.58. The molecule has 2 aromatic rings. The lowest BCUT2D eigenvalue weighted by Gasteiger charge is -2.07. The van der Waals surface area contributed by atoms with Crippen molar-refractivity contribution < 1.29 is 4.42 Å². The first kappa shape index (κ1) is 10.7. The van der Waals surface area contributed by atoms with Crippen LogP contribution in [-0.2, 0) is 0 Å². The van der Waals surface area contributed by atoms with Crippen LogP contribution in [0.2, 0.25) is 0 Å². The van der Waals surface area contributed by atoms with Crippen LogP contribution in [0.3, 0.4) is 0 Å². The van der Waals surface area contributed by atoms with Gasteiger partial charge in [-0.2, -0.15) is 0 Å². The number of halogens is 1. The Hall–Kier alpha value is -0.840. The lowest BCUT2D eigenvalue weighted by Crippen LogP contribution is -2.07. The summed E-state index contributed by atoms with van der Waals surface area (Å²) in [4.78, 5) is 11.9. The Bertz CT molecular complexity index is 597. The lowest BCUT2D eigenvalue weighted by molar-refractivity contribution is 0.597. The molecule has 0 amide bonds. The Kier molecular flexibility index (Phi) is 2.58. The summed E-state index contributed by atoms with van der Waals surface area (Å²) in [5.74, 6) is 0. The van der Waals surface area contributed by atoms with Gasteiger partial charge in [0.15, 0.2) is 0 Å². The standard InChI is InChI=1S/C12H11IO2/c1-6-4-10-11(8(3)7(6)2)12(14)9(13)5-15-10/h4-5H,1-3H3. The van der Waals surface area contributed by atoms with Gasteiger partial charge in [0.1, 0.15) is 11.8 Å². The van der Waals surface area contributed by atoms with Gasteiger partial charge in [-0.15, -0.1) is 0 Å². The quantitative estimate of drug-likeness (QED) is 0.698. The topological polar surface area (TPSA) is 30.2 Å². The molecule has 2 rings (SSSR count). The molecular formula is C12H11IO2. The molecule has 0 spiro atoms. The van der Waals surface area contributed by atoms with Crippen molar-refractivity contribution in [3.63, 3.8) is 0 Å². The molecule has 0 aliphatic rings. The zero-order valence-corrected chi connectivity index (χ0v) is 11.0. The van der Waals surface area contributed by atoms with E-state index < -0.39 is 0 Å². The van der Waals surface area contributed by atoms with Crippen LogP contribution in [0.15, 0.2) is 21.5 Å². The summed E-state index contributed by atoms with van der Waals surface area (Å²) in [6.45, 7) is 6.03. The van der Waals surface area contributed by atoms with Crippen LogP contribution < -0.4 is 5.43 Å². The molecule has 15 heavy (non-hydrogen) atoms. The highest BCUT2D eigenvalue weighted by molar-refractivity contribution is 14.1. The van der Waals surface area contributed by atoms with Gasteiger partial charge in [0.2, 0.25) is 5.43 Å². The second-order valence-corrected chi connectivity index (χ2v) is 4.89. The molecule has 0 saturated carbocycles. The third-order valence-electron chi connectivity index (χ3n) is 2.86. The minimum Gasteiger partial charge on any atom is -0.463 e. The van der Waals surface area contributed by atoms with E-state index in [9.17, 15) is 4.79 Å². The van der Waals surface area contributed by atoms with Crippen LogP contribution in [0.25, 0.3) is 11.0 Å². The first-order chi connectivity index (χ1) is 7.02. The molecule has 1 aromatic heterocycles. The summed E-state index contributed by atoms with van der Waals surface area (Å²) >= 11 is 2.00. The summed E-state index contributed by atoms with van der Waals surface area (Å²) in [7, 11) is 0. The van der Waals surface area contributed by atoms with Crippen LogP contribution in [0.4, 0.5) is 0 Å². The average molecular weight is 314 g/mol. The first-order valence-electron chi connectivity index (χ1n) is 4.70. The molecule has 0 radical (unpaired) electrons. The zero-order chi connectivity index (χ0) is 11.2. The number of benzene rings is 1. The van der Waals surface area contributed by atoms with Crippen molar-refractivity contribution in [2.45, 2.75) is 20.8 Å². The third-order valence-corrected chi connectivity index (χ3v) is 3.60. The predicted molar refractivity (Wildman–Crippen MR) is 69.4 cm³/mol. The van der Waals surface area contributed by atoms with Gasteiger partial charge < -0.3 is 4.42 Å². The summed E-state index contributed by atoms with van der Waals surface area (Å²) in [6, 6.07) is 1.93. The molecule has 3 heteroatoms. The smallest absolute Gasteiger partial charge is 0.206 e. The molecule has 2 nitrogen and oxygen atoms in total. The number of hydrogen-bond acceptors (Lipinski definition) is 2. The molecular weight excluding hydrogens is 303 g/mol.